The molecule has 4 rings (SSSR count). The van der Waals surface area contributed by atoms with E-state index in [9.17, 15) is 8.42 Å². The highest BCUT2D eigenvalue weighted by molar-refractivity contribution is 7.89. The lowest BCUT2D eigenvalue weighted by Crippen LogP contribution is -2.24. The first-order valence-corrected chi connectivity index (χ1v) is 11.0. The first kappa shape index (κ1) is 19.6. The Bertz CT molecular complexity index is 1120. The molecule has 0 radical (unpaired) electrons. The monoisotopic (exact) mass is 413 g/mol. The second kappa shape index (κ2) is 7.96. The molecule has 0 spiro atoms. The van der Waals surface area contributed by atoms with E-state index in [-0.39, 0.29) is 17.3 Å². The highest BCUT2D eigenvalue weighted by Gasteiger charge is 2.24. The van der Waals surface area contributed by atoms with Crippen molar-refractivity contribution in [3.63, 3.8) is 0 Å². The van der Waals surface area contributed by atoms with Crippen LogP contribution in [-0.2, 0) is 29.4 Å². The van der Waals surface area contributed by atoms with E-state index in [0.717, 1.165) is 47.9 Å². The van der Waals surface area contributed by atoms with Crippen molar-refractivity contribution in [2.75, 3.05) is 7.11 Å². The molecule has 0 aliphatic heterocycles. The van der Waals surface area contributed by atoms with Gasteiger partial charge in [-0.1, -0.05) is 35.0 Å². The predicted octanol–water partition coefficient (Wildman–Crippen LogP) is 3.41. The van der Waals surface area contributed by atoms with Crippen molar-refractivity contribution >= 4 is 10.0 Å². The van der Waals surface area contributed by atoms with E-state index in [0.29, 0.717) is 11.6 Å². The van der Waals surface area contributed by atoms with E-state index in [2.05, 4.69) is 14.9 Å². The minimum absolute atomic E-state index is 0.0958. The largest absolute Gasteiger partial charge is 0.495 e. The highest BCUT2D eigenvalue weighted by Crippen LogP contribution is 2.32. The smallest absolute Gasteiger partial charge is 0.244 e. The summed E-state index contributed by atoms with van der Waals surface area (Å²) < 4.78 is 38.9. The van der Waals surface area contributed by atoms with Crippen LogP contribution in [-0.4, -0.2) is 25.7 Å². The van der Waals surface area contributed by atoms with Crippen LogP contribution in [0, 0.1) is 6.92 Å². The maximum atomic E-state index is 12.9. The maximum Gasteiger partial charge on any atom is 0.244 e. The molecule has 0 saturated carbocycles. The van der Waals surface area contributed by atoms with Crippen LogP contribution in [0.15, 0.2) is 45.8 Å². The number of aryl methyl sites for hydroxylation is 3. The maximum absolute atomic E-state index is 12.9. The lowest BCUT2D eigenvalue weighted by atomic mass is 9.92. The third-order valence-electron chi connectivity index (χ3n) is 5.11. The van der Waals surface area contributed by atoms with Crippen molar-refractivity contribution in [3.8, 4) is 17.1 Å². The van der Waals surface area contributed by atoms with Gasteiger partial charge in [-0.3, -0.25) is 0 Å². The molecule has 8 heteroatoms. The summed E-state index contributed by atoms with van der Waals surface area (Å²) >= 11 is 0. The van der Waals surface area contributed by atoms with Crippen LogP contribution in [0.5, 0.6) is 5.75 Å². The van der Waals surface area contributed by atoms with Crippen molar-refractivity contribution in [1.82, 2.24) is 14.9 Å². The Morgan fingerprint density at radius 2 is 1.79 bits per heavy atom. The van der Waals surface area contributed by atoms with Gasteiger partial charge in [0.2, 0.25) is 21.7 Å². The Morgan fingerprint density at radius 1 is 1.10 bits per heavy atom. The van der Waals surface area contributed by atoms with Crippen LogP contribution in [0.4, 0.5) is 0 Å². The number of hydrogen-bond donors (Lipinski definition) is 1. The Labute approximate surface area is 170 Å². The van der Waals surface area contributed by atoms with Crippen molar-refractivity contribution in [2.24, 2.45) is 0 Å². The van der Waals surface area contributed by atoms with Crippen molar-refractivity contribution in [2.45, 2.75) is 44.0 Å². The number of aromatic nitrogens is 2. The lowest BCUT2D eigenvalue weighted by molar-refractivity contribution is 0.375. The van der Waals surface area contributed by atoms with Crippen LogP contribution < -0.4 is 9.46 Å². The summed E-state index contributed by atoms with van der Waals surface area (Å²) in [6.45, 7) is 1.90. The molecule has 152 valence electrons. The van der Waals surface area contributed by atoms with Crippen LogP contribution in [0.1, 0.15) is 35.4 Å². The van der Waals surface area contributed by atoms with Gasteiger partial charge in [-0.2, -0.15) is 4.98 Å². The van der Waals surface area contributed by atoms with Gasteiger partial charge in [-0.05, 0) is 55.9 Å². The number of ether oxygens (including phenoxy) is 1. The summed E-state index contributed by atoms with van der Waals surface area (Å²) in [5.41, 5.74) is 4.16. The number of benzene rings is 2. The first-order chi connectivity index (χ1) is 14.0. The second-order valence-electron chi connectivity index (χ2n) is 7.18. The molecule has 0 amide bonds. The first-order valence-electron chi connectivity index (χ1n) is 9.55. The molecule has 29 heavy (non-hydrogen) atoms. The molecule has 0 atom stereocenters. The van der Waals surface area contributed by atoms with Gasteiger partial charge in [-0.25, -0.2) is 13.1 Å². The Kier molecular flexibility index (Phi) is 5.38. The number of rotatable bonds is 6. The van der Waals surface area contributed by atoms with Gasteiger partial charge < -0.3 is 9.26 Å². The molecule has 1 aliphatic rings. The zero-order chi connectivity index (χ0) is 20.4. The summed E-state index contributed by atoms with van der Waals surface area (Å²) in [5, 5.41) is 3.94. The molecular formula is C21H23N3O4S. The van der Waals surface area contributed by atoms with Crippen LogP contribution in [0.25, 0.3) is 11.4 Å². The van der Waals surface area contributed by atoms with Gasteiger partial charge in [-0.15, -0.1) is 0 Å². The molecule has 1 heterocycles. The quantitative estimate of drug-likeness (QED) is 0.665. The second-order valence-corrected chi connectivity index (χ2v) is 8.92. The van der Waals surface area contributed by atoms with E-state index < -0.39 is 10.0 Å². The Hall–Kier alpha value is -2.71. The van der Waals surface area contributed by atoms with Gasteiger partial charge >= 0.3 is 0 Å². The molecule has 0 fully saturated rings. The zero-order valence-electron chi connectivity index (χ0n) is 16.4. The van der Waals surface area contributed by atoms with E-state index in [1.54, 1.807) is 6.07 Å². The minimum atomic E-state index is -3.80. The average molecular weight is 413 g/mol. The molecule has 0 bridgehead atoms. The lowest BCUT2D eigenvalue weighted by Gasteiger charge is -2.19. The van der Waals surface area contributed by atoms with Crippen LogP contribution >= 0.6 is 0 Å². The SMILES string of the molecule is COc1cc2c(cc1S(=O)(=O)NCc1nc(-c3ccc(C)cc3)no1)CCCC2. The summed E-state index contributed by atoms with van der Waals surface area (Å²) in [6, 6.07) is 11.3. The molecule has 1 aliphatic carbocycles. The summed E-state index contributed by atoms with van der Waals surface area (Å²) in [5.74, 6) is 0.968. The standard InChI is InChI=1S/C21H23N3O4S/c1-14-7-9-15(10-8-14)21-23-20(28-24-21)13-22-29(25,26)19-12-17-6-4-3-5-16(17)11-18(19)27-2/h7-12,22H,3-6,13H2,1-2H3. The fraction of sp³-hybridized carbons (Fsp3) is 0.333. The van der Waals surface area contributed by atoms with Gasteiger partial charge in [0.15, 0.2) is 0 Å². The van der Waals surface area contributed by atoms with Crippen molar-refractivity contribution < 1.29 is 17.7 Å². The number of fused-ring (bicyclic) bond motifs is 1. The Balaban J connectivity index is 1.53. The van der Waals surface area contributed by atoms with Crippen LogP contribution in [0.3, 0.4) is 0 Å². The van der Waals surface area contributed by atoms with Crippen LogP contribution in [0.2, 0.25) is 0 Å². The summed E-state index contributed by atoms with van der Waals surface area (Å²) in [4.78, 5) is 4.42. The third kappa shape index (κ3) is 4.18. The topological polar surface area (TPSA) is 94.3 Å². The normalized spacial score (nSPS) is 13.9. The predicted molar refractivity (Wildman–Crippen MR) is 108 cm³/mol. The fourth-order valence-corrected chi connectivity index (χ4v) is 4.66. The molecule has 0 saturated heterocycles. The van der Waals surface area contributed by atoms with E-state index in [1.165, 1.54) is 7.11 Å². The summed E-state index contributed by atoms with van der Waals surface area (Å²) in [6.07, 6.45) is 4.01. The van der Waals surface area contributed by atoms with E-state index in [4.69, 9.17) is 9.26 Å². The van der Waals surface area contributed by atoms with Gasteiger partial charge in [0, 0.05) is 5.56 Å². The molecule has 0 unspecified atom stereocenters. The summed E-state index contributed by atoms with van der Waals surface area (Å²) in [7, 11) is -2.32. The molecular weight excluding hydrogens is 390 g/mol. The Morgan fingerprint density at radius 3 is 2.48 bits per heavy atom. The van der Waals surface area contributed by atoms with Crippen molar-refractivity contribution in [1.29, 1.82) is 0 Å². The van der Waals surface area contributed by atoms with Gasteiger partial charge in [0.1, 0.15) is 10.6 Å². The fourth-order valence-electron chi connectivity index (χ4n) is 3.49. The third-order valence-corrected chi connectivity index (χ3v) is 6.53. The van der Waals surface area contributed by atoms with E-state index >= 15 is 0 Å². The number of nitrogens with zero attached hydrogens (tertiary/aromatic N) is 2. The number of sulfonamides is 1. The number of nitrogens with one attached hydrogen (secondary N) is 1. The van der Waals surface area contributed by atoms with Gasteiger partial charge in [0.25, 0.3) is 0 Å². The average Bonchev–Trinajstić information content (AvgIpc) is 3.21. The highest BCUT2D eigenvalue weighted by atomic mass is 32.2. The molecule has 1 N–H and O–H groups in total. The van der Waals surface area contributed by atoms with E-state index in [1.807, 2.05) is 37.3 Å². The number of methoxy groups -OCH3 is 1. The minimum Gasteiger partial charge on any atom is -0.495 e. The van der Waals surface area contributed by atoms with Crippen molar-refractivity contribution in [3.05, 3.63) is 59.0 Å². The molecule has 2 aromatic carbocycles. The molecule has 1 aromatic heterocycles. The zero-order valence-corrected chi connectivity index (χ0v) is 17.3. The van der Waals surface area contributed by atoms with Gasteiger partial charge in [0.05, 0.1) is 13.7 Å². The number of hydrogen-bond acceptors (Lipinski definition) is 6. The molecule has 7 nitrogen and oxygen atoms in total. The molecule has 3 aromatic rings.